The van der Waals surface area contributed by atoms with Crippen LogP contribution in [-0.4, -0.2) is 24.0 Å². The average molecular weight is 418 g/mol. The maximum absolute atomic E-state index is 12.5. The zero-order chi connectivity index (χ0) is 20.9. The molecule has 1 heterocycles. The van der Waals surface area contributed by atoms with Crippen LogP contribution >= 0.6 is 11.3 Å². The van der Waals surface area contributed by atoms with E-state index in [-0.39, 0.29) is 5.91 Å². The third-order valence-electron chi connectivity index (χ3n) is 4.79. The molecule has 0 radical (unpaired) electrons. The van der Waals surface area contributed by atoms with Crippen molar-refractivity contribution in [3.63, 3.8) is 0 Å². The van der Waals surface area contributed by atoms with Gasteiger partial charge in [0.25, 0.3) is 0 Å². The van der Waals surface area contributed by atoms with E-state index in [1.165, 1.54) is 10.3 Å². The molecule has 1 amide bonds. The molecule has 1 aromatic heterocycles. The van der Waals surface area contributed by atoms with Gasteiger partial charge in [0.1, 0.15) is 11.8 Å². The number of hydrogen-bond acceptors (Lipinski definition) is 5. The summed E-state index contributed by atoms with van der Waals surface area (Å²) in [4.78, 5) is 17.2. The van der Waals surface area contributed by atoms with Crippen LogP contribution in [0, 0.1) is 0 Å². The number of rotatable bonds is 7. The second-order valence-electron chi connectivity index (χ2n) is 7.00. The zero-order valence-corrected chi connectivity index (χ0v) is 17.7. The lowest BCUT2D eigenvalue weighted by Crippen LogP contribution is -2.31. The fourth-order valence-electron chi connectivity index (χ4n) is 3.19. The van der Waals surface area contributed by atoms with Crippen LogP contribution in [-0.2, 0) is 11.2 Å². The Morgan fingerprint density at radius 3 is 2.53 bits per heavy atom. The first-order valence-electron chi connectivity index (χ1n) is 9.76. The van der Waals surface area contributed by atoms with E-state index in [1.807, 2.05) is 61.5 Å². The molecule has 6 heteroatoms. The summed E-state index contributed by atoms with van der Waals surface area (Å²) in [6.07, 6.45) is 0.795. The number of methoxy groups -OCH3 is 1. The summed E-state index contributed by atoms with van der Waals surface area (Å²) in [7, 11) is 1.59. The second-order valence-corrected chi connectivity index (χ2v) is 8.12. The number of benzene rings is 3. The summed E-state index contributed by atoms with van der Waals surface area (Å²) in [5.41, 5.74) is 3.78. The van der Waals surface area contributed by atoms with Gasteiger partial charge in [-0.3, -0.25) is 4.79 Å². The van der Waals surface area contributed by atoms with Gasteiger partial charge in [0.2, 0.25) is 5.91 Å². The van der Waals surface area contributed by atoms with Crippen LogP contribution in [0.5, 0.6) is 5.75 Å². The zero-order valence-electron chi connectivity index (χ0n) is 16.9. The number of fused-ring (bicyclic) bond motifs is 1. The predicted octanol–water partition coefficient (Wildman–Crippen LogP) is 5.33. The van der Waals surface area contributed by atoms with Gasteiger partial charge >= 0.3 is 0 Å². The summed E-state index contributed by atoms with van der Waals surface area (Å²) >= 11 is 1.72. The minimum Gasteiger partial charge on any atom is -0.495 e. The van der Waals surface area contributed by atoms with Crippen LogP contribution in [0.15, 0.2) is 72.8 Å². The van der Waals surface area contributed by atoms with E-state index < -0.39 is 6.04 Å². The van der Waals surface area contributed by atoms with Crippen LogP contribution in [0.2, 0.25) is 0 Å². The van der Waals surface area contributed by atoms with E-state index in [2.05, 4.69) is 28.8 Å². The van der Waals surface area contributed by atoms with Crippen LogP contribution in [0.1, 0.15) is 17.5 Å². The molecule has 0 saturated carbocycles. The molecular formula is C24H23N3O2S. The number of anilines is 2. The van der Waals surface area contributed by atoms with Gasteiger partial charge in [0, 0.05) is 12.1 Å². The topological polar surface area (TPSA) is 63.2 Å². The first-order valence-corrected chi connectivity index (χ1v) is 10.6. The van der Waals surface area contributed by atoms with Gasteiger partial charge in [0.05, 0.1) is 28.0 Å². The number of hydrogen-bond donors (Lipinski definition) is 2. The van der Waals surface area contributed by atoms with Gasteiger partial charge < -0.3 is 15.4 Å². The molecular weight excluding hydrogens is 394 g/mol. The Morgan fingerprint density at radius 1 is 1.03 bits per heavy atom. The summed E-state index contributed by atoms with van der Waals surface area (Å²) in [6, 6.07) is 23.3. The second kappa shape index (κ2) is 8.97. The maximum Gasteiger partial charge on any atom is 0.246 e. The molecule has 0 aliphatic carbocycles. The Bertz CT molecular complexity index is 1120. The molecule has 0 fully saturated rings. The third kappa shape index (κ3) is 4.60. The van der Waals surface area contributed by atoms with Gasteiger partial charge in [-0.1, -0.05) is 36.4 Å². The standard InChI is InChI=1S/C24H23N3O2S/c1-16(24(28)27-19-7-3-5-9-21(19)29-2)25-18-13-11-17(12-14-18)15-23-26-20-8-4-6-10-22(20)30-23/h3-14,16,25H,15H2,1-2H3,(H,27,28)/t16-/m1/s1. The Hall–Kier alpha value is -3.38. The monoisotopic (exact) mass is 417 g/mol. The lowest BCUT2D eigenvalue weighted by atomic mass is 10.1. The van der Waals surface area contributed by atoms with E-state index in [0.717, 1.165) is 22.6 Å². The van der Waals surface area contributed by atoms with Crippen LogP contribution in [0.3, 0.4) is 0 Å². The maximum atomic E-state index is 12.5. The molecule has 152 valence electrons. The molecule has 4 aromatic rings. The van der Waals surface area contributed by atoms with Gasteiger partial charge in [0.15, 0.2) is 0 Å². The number of aromatic nitrogens is 1. The summed E-state index contributed by atoms with van der Waals surface area (Å²) in [5.74, 6) is 0.510. The lowest BCUT2D eigenvalue weighted by molar-refractivity contribution is -0.116. The summed E-state index contributed by atoms with van der Waals surface area (Å²) < 4.78 is 6.49. The SMILES string of the molecule is COc1ccccc1NC(=O)[C@@H](C)Nc1ccc(Cc2nc3ccccc3s2)cc1. The number of thiazole rings is 1. The van der Waals surface area contributed by atoms with Crippen molar-refractivity contribution in [3.8, 4) is 5.75 Å². The van der Waals surface area contributed by atoms with Gasteiger partial charge in [-0.15, -0.1) is 11.3 Å². The quantitative estimate of drug-likeness (QED) is 0.426. The van der Waals surface area contributed by atoms with E-state index in [9.17, 15) is 4.79 Å². The van der Waals surface area contributed by atoms with Crippen molar-refractivity contribution < 1.29 is 9.53 Å². The molecule has 4 rings (SSSR count). The molecule has 0 bridgehead atoms. The lowest BCUT2D eigenvalue weighted by Gasteiger charge is -2.17. The van der Waals surface area contributed by atoms with Gasteiger partial charge in [-0.25, -0.2) is 4.98 Å². The van der Waals surface area contributed by atoms with Crippen LogP contribution < -0.4 is 15.4 Å². The Kier molecular flexibility index (Phi) is 5.95. The van der Waals surface area contributed by atoms with E-state index >= 15 is 0 Å². The molecule has 2 N–H and O–H groups in total. The highest BCUT2D eigenvalue weighted by Crippen LogP contribution is 2.25. The first kappa shape index (κ1) is 19.9. The summed E-state index contributed by atoms with van der Waals surface area (Å²) in [5, 5.41) is 7.25. The van der Waals surface area contributed by atoms with Crippen LogP contribution in [0.25, 0.3) is 10.2 Å². The van der Waals surface area contributed by atoms with Crippen LogP contribution in [0.4, 0.5) is 11.4 Å². The van der Waals surface area contributed by atoms with E-state index in [4.69, 9.17) is 9.72 Å². The first-order chi connectivity index (χ1) is 14.6. The molecule has 0 aliphatic rings. The van der Waals surface area contributed by atoms with Gasteiger partial charge in [-0.2, -0.15) is 0 Å². The highest BCUT2D eigenvalue weighted by atomic mass is 32.1. The molecule has 0 saturated heterocycles. The number of nitrogens with one attached hydrogen (secondary N) is 2. The van der Waals surface area contributed by atoms with E-state index in [0.29, 0.717) is 11.4 Å². The molecule has 0 spiro atoms. The Morgan fingerprint density at radius 2 is 1.77 bits per heavy atom. The van der Waals surface area contributed by atoms with Crippen molar-refractivity contribution in [3.05, 3.63) is 83.4 Å². The number of ether oxygens (including phenoxy) is 1. The number of nitrogens with zero attached hydrogens (tertiary/aromatic N) is 1. The average Bonchev–Trinajstić information content (AvgIpc) is 3.17. The molecule has 0 aliphatic heterocycles. The van der Waals surface area contributed by atoms with Crippen molar-refractivity contribution in [2.75, 3.05) is 17.7 Å². The smallest absolute Gasteiger partial charge is 0.246 e. The predicted molar refractivity (Wildman–Crippen MR) is 124 cm³/mol. The molecule has 0 unspecified atom stereocenters. The fraction of sp³-hybridized carbons (Fsp3) is 0.167. The fourth-order valence-corrected chi connectivity index (χ4v) is 4.19. The number of carbonyl (C=O) groups is 1. The highest BCUT2D eigenvalue weighted by Gasteiger charge is 2.15. The Balaban J connectivity index is 1.37. The molecule has 30 heavy (non-hydrogen) atoms. The minimum atomic E-state index is -0.398. The van der Waals surface area contributed by atoms with Crippen molar-refractivity contribution >= 4 is 38.8 Å². The third-order valence-corrected chi connectivity index (χ3v) is 5.83. The van der Waals surface area contributed by atoms with Crippen molar-refractivity contribution in [2.24, 2.45) is 0 Å². The van der Waals surface area contributed by atoms with Gasteiger partial charge in [-0.05, 0) is 48.9 Å². The molecule has 1 atom stereocenters. The number of amides is 1. The van der Waals surface area contributed by atoms with Crippen molar-refractivity contribution in [2.45, 2.75) is 19.4 Å². The summed E-state index contributed by atoms with van der Waals surface area (Å²) in [6.45, 7) is 1.83. The van der Waals surface area contributed by atoms with E-state index in [1.54, 1.807) is 18.4 Å². The number of carbonyl (C=O) groups excluding carboxylic acids is 1. The highest BCUT2D eigenvalue weighted by molar-refractivity contribution is 7.18. The van der Waals surface area contributed by atoms with Crippen molar-refractivity contribution in [1.29, 1.82) is 0 Å². The molecule has 5 nitrogen and oxygen atoms in total. The minimum absolute atomic E-state index is 0.127. The van der Waals surface area contributed by atoms with Crippen molar-refractivity contribution in [1.82, 2.24) is 4.98 Å². The Labute approximate surface area is 179 Å². The molecule has 3 aromatic carbocycles. The normalized spacial score (nSPS) is 11.8. The largest absolute Gasteiger partial charge is 0.495 e. The number of para-hydroxylation sites is 3.